The van der Waals surface area contributed by atoms with Crippen LogP contribution in [0.15, 0.2) is 24.5 Å². The quantitative estimate of drug-likeness (QED) is 0.892. The molecule has 94 valence electrons. The molecule has 5 heteroatoms. The van der Waals surface area contributed by atoms with E-state index in [0.717, 1.165) is 17.8 Å². The van der Waals surface area contributed by atoms with Gasteiger partial charge in [0.05, 0.1) is 30.4 Å². The number of hydrogen-bond acceptors (Lipinski definition) is 5. The fourth-order valence-electron chi connectivity index (χ4n) is 1.53. The fourth-order valence-corrected chi connectivity index (χ4v) is 1.53. The Morgan fingerprint density at radius 2 is 2.06 bits per heavy atom. The first-order chi connectivity index (χ1) is 8.72. The van der Waals surface area contributed by atoms with Crippen LogP contribution < -0.4 is 4.74 Å². The van der Waals surface area contributed by atoms with Crippen molar-refractivity contribution in [1.29, 1.82) is 0 Å². The molecule has 2 aromatic rings. The highest BCUT2D eigenvalue weighted by Gasteiger charge is 2.06. The summed E-state index contributed by atoms with van der Waals surface area (Å²) in [6.45, 7) is 3.84. The second-order valence-electron chi connectivity index (χ2n) is 3.86. The zero-order valence-corrected chi connectivity index (χ0v) is 10.4. The number of aliphatic hydroxyl groups is 1. The van der Waals surface area contributed by atoms with Crippen molar-refractivity contribution in [2.45, 2.75) is 26.9 Å². The summed E-state index contributed by atoms with van der Waals surface area (Å²) in [5.41, 5.74) is 2.36. The summed E-state index contributed by atoms with van der Waals surface area (Å²) in [6.07, 6.45) is 3.77. The van der Waals surface area contributed by atoms with Crippen molar-refractivity contribution in [3.8, 4) is 11.6 Å². The van der Waals surface area contributed by atoms with Gasteiger partial charge in [0, 0.05) is 5.69 Å². The molecule has 0 radical (unpaired) electrons. The van der Waals surface area contributed by atoms with Gasteiger partial charge in [0.2, 0.25) is 5.88 Å². The number of pyridine rings is 1. The molecular formula is C13H15N3O2. The lowest BCUT2D eigenvalue weighted by atomic mass is 10.2. The zero-order chi connectivity index (χ0) is 13.0. The Morgan fingerprint density at radius 3 is 2.67 bits per heavy atom. The van der Waals surface area contributed by atoms with Gasteiger partial charge in [-0.1, -0.05) is 6.92 Å². The summed E-state index contributed by atoms with van der Waals surface area (Å²) in [5.74, 6) is 1.08. The average Bonchev–Trinajstić information content (AvgIpc) is 2.41. The summed E-state index contributed by atoms with van der Waals surface area (Å²) in [5, 5.41) is 8.88. The normalized spacial score (nSPS) is 10.4. The number of ether oxygens (including phenoxy) is 1. The molecule has 0 atom stereocenters. The largest absolute Gasteiger partial charge is 0.436 e. The standard InChI is InChI=1S/C13H15N3O2/c1-3-11-12(5-4-9(2)16-11)18-13-7-14-10(8-17)6-15-13/h4-7,17H,3,8H2,1-2H3. The maximum atomic E-state index is 8.88. The first kappa shape index (κ1) is 12.4. The maximum absolute atomic E-state index is 8.88. The molecule has 5 nitrogen and oxygen atoms in total. The second-order valence-corrected chi connectivity index (χ2v) is 3.86. The molecule has 0 saturated carbocycles. The summed E-state index contributed by atoms with van der Waals surface area (Å²) >= 11 is 0. The molecule has 0 aliphatic heterocycles. The molecule has 0 saturated heterocycles. The van der Waals surface area contributed by atoms with Crippen molar-refractivity contribution in [3.63, 3.8) is 0 Å². The Hall–Kier alpha value is -2.01. The van der Waals surface area contributed by atoms with Crippen LogP contribution in [0, 0.1) is 6.92 Å². The topological polar surface area (TPSA) is 68.1 Å². The minimum absolute atomic E-state index is 0.125. The predicted molar refractivity (Wildman–Crippen MR) is 66.4 cm³/mol. The highest BCUT2D eigenvalue weighted by atomic mass is 16.5. The fraction of sp³-hybridized carbons (Fsp3) is 0.308. The molecule has 18 heavy (non-hydrogen) atoms. The monoisotopic (exact) mass is 245 g/mol. The summed E-state index contributed by atoms with van der Waals surface area (Å²) in [6, 6.07) is 3.77. The lowest BCUT2D eigenvalue weighted by Crippen LogP contribution is -1.98. The van der Waals surface area contributed by atoms with Gasteiger partial charge >= 0.3 is 0 Å². The minimum Gasteiger partial charge on any atom is -0.436 e. The molecule has 0 unspecified atom stereocenters. The molecule has 0 aliphatic carbocycles. The van der Waals surface area contributed by atoms with Crippen LogP contribution in [0.3, 0.4) is 0 Å². The van der Waals surface area contributed by atoms with Crippen LogP contribution in [0.5, 0.6) is 11.6 Å². The van der Waals surface area contributed by atoms with E-state index in [1.807, 2.05) is 26.0 Å². The second kappa shape index (κ2) is 5.55. The number of rotatable bonds is 4. The average molecular weight is 245 g/mol. The van der Waals surface area contributed by atoms with E-state index in [-0.39, 0.29) is 6.61 Å². The van der Waals surface area contributed by atoms with Crippen molar-refractivity contribution >= 4 is 0 Å². The van der Waals surface area contributed by atoms with E-state index in [9.17, 15) is 0 Å². The SMILES string of the molecule is CCc1nc(C)ccc1Oc1cnc(CO)cn1. The lowest BCUT2D eigenvalue weighted by molar-refractivity contribution is 0.275. The van der Waals surface area contributed by atoms with Gasteiger partial charge in [0.1, 0.15) is 0 Å². The highest BCUT2D eigenvalue weighted by molar-refractivity contribution is 5.32. The Morgan fingerprint density at radius 1 is 1.22 bits per heavy atom. The summed E-state index contributed by atoms with van der Waals surface area (Å²) < 4.78 is 5.64. The summed E-state index contributed by atoms with van der Waals surface area (Å²) in [4.78, 5) is 12.5. The first-order valence-corrected chi connectivity index (χ1v) is 5.79. The number of aryl methyl sites for hydroxylation is 2. The van der Waals surface area contributed by atoms with Crippen LogP contribution >= 0.6 is 0 Å². The van der Waals surface area contributed by atoms with Crippen molar-refractivity contribution in [2.75, 3.05) is 0 Å². The summed E-state index contributed by atoms with van der Waals surface area (Å²) in [7, 11) is 0. The Labute approximate surface area is 106 Å². The molecule has 0 fully saturated rings. The van der Waals surface area contributed by atoms with Crippen LogP contribution in [0.4, 0.5) is 0 Å². The molecule has 0 spiro atoms. The number of nitrogens with zero attached hydrogens (tertiary/aromatic N) is 3. The van der Waals surface area contributed by atoms with Crippen LogP contribution in [-0.4, -0.2) is 20.1 Å². The third-order valence-corrected chi connectivity index (χ3v) is 2.46. The van der Waals surface area contributed by atoms with E-state index < -0.39 is 0 Å². The van der Waals surface area contributed by atoms with Crippen molar-refractivity contribution < 1.29 is 9.84 Å². The van der Waals surface area contributed by atoms with E-state index in [2.05, 4.69) is 15.0 Å². The Kier molecular flexibility index (Phi) is 3.84. The van der Waals surface area contributed by atoms with Crippen molar-refractivity contribution in [3.05, 3.63) is 41.6 Å². The van der Waals surface area contributed by atoms with Crippen LogP contribution in [-0.2, 0) is 13.0 Å². The molecule has 2 heterocycles. The van der Waals surface area contributed by atoms with Crippen molar-refractivity contribution in [2.24, 2.45) is 0 Å². The van der Waals surface area contributed by atoms with Crippen LogP contribution in [0.2, 0.25) is 0 Å². The third kappa shape index (κ3) is 2.81. The molecular weight excluding hydrogens is 230 g/mol. The van der Waals surface area contributed by atoms with E-state index in [0.29, 0.717) is 17.3 Å². The molecule has 2 rings (SSSR count). The molecule has 0 aliphatic rings. The molecule has 1 N–H and O–H groups in total. The van der Waals surface area contributed by atoms with E-state index in [4.69, 9.17) is 9.84 Å². The van der Waals surface area contributed by atoms with Gasteiger partial charge in [0.15, 0.2) is 5.75 Å². The van der Waals surface area contributed by atoms with Gasteiger partial charge in [-0.15, -0.1) is 0 Å². The van der Waals surface area contributed by atoms with Gasteiger partial charge in [-0.25, -0.2) is 4.98 Å². The number of aliphatic hydroxyl groups excluding tert-OH is 1. The molecule has 0 amide bonds. The molecule has 2 aromatic heterocycles. The first-order valence-electron chi connectivity index (χ1n) is 5.79. The molecule has 0 aromatic carbocycles. The van der Waals surface area contributed by atoms with E-state index in [1.165, 1.54) is 12.4 Å². The number of aromatic nitrogens is 3. The van der Waals surface area contributed by atoms with E-state index in [1.54, 1.807) is 0 Å². The van der Waals surface area contributed by atoms with Crippen molar-refractivity contribution in [1.82, 2.24) is 15.0 Å². The van der Waals surface area contributed by atoms with Gasteiger partial charge in [-0.3, -0.25) is 9.97 Å². The lowest BCUT2D eigenvalue weighted by Gasteiger charge is -2.09. The van der Waals surface area contributed by atoms with Gasteiger partial charge in [-0.05, 0) is 25.5 Å². The highest BCUT2D eigenvalue weighted by Crippen LogP contribution is 2.22. The third-order valence-electron chi connectivity index (χ3n) is 2.46. The van der Waals surface area contributed by atoms with Crippen LogP contribution in [0.1, 0.15) is 24.0 Å². The number of hydrogen-bond donors (Lipinski definition) is 1. The van der Waals surface area contributed by atoms with Gasteiger partial charge in [0.25, 0.3) is 0 Å². The maximum Gasteiger partial charge on any atom is 0.237 e. The van der Waals surface area contributed by atoms with Gasteiger partial charge in [-0.2, -0.15) is 0 Å². The Bertz CT molecular complexity index is 526. The van der Waals surface area contributed by atoms with Crippen LogP contribution in [0.25, 0.3) is 0 Å². The smallest absolute Gasteiger partial charge is 0.237 e. The predicted octanol–water partition coefficient (Wildman–Crippen LogP) is 2.03. The molecule has 0 bridgehead atoms. The van der Waals surface area contributed by atoms with E-state index >= 15 is 0 Å². The van der Waals surface area contributed by atoms with Gasteiger partial charge < -0.3 is 9.84 Å². The Balaban J connectivity index is 2.22. The zero-order valence-electron chi connectivity index (χ0n) is 10.4. The minimum atomic E-state index is -0.125.